The Morgan fingerprint density at radius 3 is 2.17 bits per heavy atom. The summed E-state index contributed by atoms with van der Waals surface area (Å²) in [5.41, 5.74) is -0.334. The van der Waals surface area contributed by atoms with Crippen molar-refractivity contribution in [2.75, 3.05) is 7.11 Å². The summed E-state index contributed by atoms with van der Waals surface area (Å²) >= 11 is 0. The number of benzene rings is 1. The number of carboxylic acid groups (broad SMARTS) is 1. The number of carbonyl (C=O) groups excluding carboxylic acids is 1. The molecule has 0 saturated heterocycles. The molecule has 7 nitrogen and oxygen atoms in total. The summed E-state index contributed by atoms with van der Waals surface area (Å²) in [6.45, 7) is 0. The number of methoxy groups -OCH3 is 1. The Labute approximate surface area is 148 Å². The van der Waals surface area contributed by atoms with Crippen molar-refractivity contribution in [2.45, 2.75) is 0 Å². The molecule has 18 heavy (non-hydrogen) atoms. The van der Waals surface area contributed by atoms with Crippen molar-refractivity contribution in [3.05, 3.63) is 23.8 Å². The van der Waals surface area contributed by atoms with Crippen molar-refractivity contribution in [3.8, 4) is 11.5 Å². The van der Waals surface area contributed by atoms with Gasteiger partial charge in [0.05, 0.1) is 13.1 Å². The first-order chi connectivity index (χ1) is 7.33. The summed E-state index contributed by atoms with van der Waals surface area (Å²) in [5, 5.41) is 10.5. The Morgan fingerprint density at radius 1 is 1.22 bits per heavy atom. The van der Waals surface area contributed by atoms with E-state index in [0.29, 0.717) is 0 Å². The van der Waals surface area contributed by atoms with E-state index in [1.807, 2.05) is 0 Å². The third-order valence-electron chi connectivity index (χ3n) is 1.59. The van der Waals surface area contributed by atoms with E-state index in [-0.39, 0.29) is 70.4 Å². The van der Waals surface area contributed by atoms with E-state index in [9.17, 15) is 22.9 Å². The van der Waals surface area contributed by atoms with E-state index < -0.39 is 22.1 Å². The van der Waals surface area contributed by atoms with Gasteiger partial charge in [0.25, 0.3) is 10.4 Å². The van der Waals surface area contributed by atoms with Crippen molar-refractivity contribution in [3.63, 3.8) is 0 Å². The molecule has 0 aliphatic rings. The van der Waals surface area contributed by atoms with Gasteiger partial charge in [0, 0.05) is 5.56 Å². The number of carbonyl (C=O) groups is 1. The van der Waals surface area contributed by atoms with Crippen molar-refractivity contribution in [1.82, 2.24) is 0 Å². The van der Waals surface area contributed by atoms with Gasteiger partial charge in [0.1, 0.15) is 0 Å². The smallest absolute Gasteiger partial charge is 0.716 e. The second-order valence-electron chi connectivity index (χ2n) is 2.64. The van der Waals surface area contributed by atoms with Crippen molar-refractivity contribution < 1.29 is 90.9 Å². The van der Waals surface area contributed by atoms with Gasteiger partial charge in [-0.3, -0.25) is 0 Å². The van der Waals surface area contributed by atoms with Gasteiger partial charge in [-0.1, -0.05) is 0 Å². The number of ether oxygens (including phenoxy) is 1. The first-order valence-corrected chi connectivity index (χ1v) is 5.21. The average molecular weight is 292 g/mol. The van der Waals surface area contributed by atoms with Crippen molar-refractivity contribution >= 4 is 16.4 Å². The molecule has 0 heterocycles. The van der Waals surface area contributed by atoms with Crippen LogP contribution in [0.25, 0.3) is 0 Å². The Morgan fingerprint density at radius 2 is 1.78 bits per heavy atom. The summed E-state index contributed by atoms with van der Waals surface area (Å²) in [4.78, 5) is 10.5. The molecular weight excluding hydrogens is 286 g/mol. The molecule has 88 valence electrons. The van der Waals surface area contributed by atoms with Crippen LogP contribution >= 0.6 is 0 Å². The molecule has 1 rings (SSSR count). The zero-order valence-corrected chi connectivity index (χ0v) is 14.8. The molecule has 0 spiro atoms. The van der Waals surface area contributed by atoms with Gasteiger partial charge < -0.3 is 23.4 Å². The van der Waals surface area contributed by atoms with Crippen LogP contribution in [-0.2, 0) is 10.4 Å². The maximum Gasteiger partial charge on any atom is 1.00 e. The van der Waals surface area contributed by atoms with Gasteiger partial charge in [0.15, 0.2) is 11.5 Å². The summed E-state index contributed by atoms with van der Waals surface area (Å²) in [6.07, 6.45) is 0. The first kappa shape index (κ1) is 20.5. The van der Waals surface area contributed by atoms with Gasteiger partial charge in [0.2, 0.25) is 0 Å². The van der Waals surface area contributed by atoms with E-state index in [1.165, 1.54) is 7.11 Å². The minimum atomic E-state index is -5.00. The fourth-order valence-corrected chi connectivity index (χ4v) is 1.33. The maximum absolute atomic E-state index is 10.5. The van der Waals surface area contributed by atoms with Crippen LogP contribution in [0.15, 0.2) is 18.2 Å². The number of rotatable bonds is 4. The molecule has 0 aliphatic carbocycles. The fourth-order valence-electron chi connectivity index (χ4n) is 0.979. The SMILES string of the molecule is COc1ccc(C(=O)[O-])cc1OS(=O)(=O)[O-].[Na+].[Na+]. The second kappa shape index (κ2) is 8.39. The molecule has 0 aromatic heterocycles. The van der Waals surface area contributed by atoms with Gasteiger partial charge in [-0.05, 0) is 18.2 Å². The maximum atomic E-state index is 10.5. The minimum Gasteiger partial charge on any atom is -0.716 e. The first-order valence-electron chi connectivity index (χ1n) is 3.88. The summed E-state index contributed by atoms with van der Waals surface area (Å²) in [7, 11) is -3.79. The van der Waals surface area contributed by atoms with Crippen LogP contribution in [0.4, 0.5) is 0 Å². The molecule has 10 heteroatoms. The molecule has 0 N–H and O–H groups in total. The average Bonchev–Trinajstić information content (AvgIpc) is 2.15. The molecule has 0 fully saturated rings. The van der Waals surface area contributed by atoms with Crippen molar-refractivity contribution in [1.29, 1.82) is 0 Å². The van der Waals surface area contributed by atoms with Crippen molar-refractivity contribution in [2.24, 2.45) is 0 Å². The summed E-state index contributed by atoms with van der Waals surface area (Å²) in [6, 6.07) is 3.09. The number of hydrogen-bond acceptors (Lipinski definition) is 7. The number of carboxylic acids is 1. The summed E-state index contributed by atoms with van der Waals surface area (Å²) in [5.74, 6) is -2.11. The Balaban J connectivity index is 0. The van der Waals surface area contributed by atoms with Gasteiger partial charge in [-0.25, -0.2) is 8.42 Å². The molecule has 0 atom stereocenters. The standard InChI is InChI=1S/C8H8O7S.2Na/c1-14-6-3-2-5(8(9)10)4-7(6)15-16(11,12)13;;/h2-4H,1H3,(H,9,10)(H,11,12,13);;/q;2*+1/p-2. The quantitative estimate of drug-likeness (QED) is 0.307. The molecule has 0 unspecified atom stereocenters. The van der Waals surface area contributed by atoms with E-state index >= 15 is 0 Å². The van der Waals surface area contributed by atoms with Crippen LogP contribution < -0.4 is 73.1 Å². The van der Waals surface area contributed by atoms with Gasteiger partial charge in [-0.15, -0.1) is 0 Å². The molecule has 0 amide bonds. The number of aromatic carboxylic acids is 1. The van der Waals surface area contributed by atoms with E-state index in [2.05, 4.69) is 8.92 Å². The number of hydrogen-bond donors (Lipinski definition) is 0. The van der Waals surface area contributed by atoms with Crippen LogP contribution in [0.1, 0.15) is 10.4 Å². The normalized spacial score (nSPS) is 9.67. The molecule has 0 bridgehead atoms. The van der Waals surface area contributed by atoms with E-state index in [4.69, 9.17) is 0 Å². The molecule has 0 radical (unpaired) electrons. The zero-order chi connectivity index (χ0) is 12.3. The van der Waals surface area contributed by atoms with Crippen LogP contribution in [0, 0.1) is 0 Å². The van der Waals surface area contributed by atoms with Crippen LogP contribution in [0.5, 0.6) is 11.5 Å². The van der Waals surface area contributed by atoms with Gasteiger partial charge in [-0.2, -0.15) is 0 Å². The van der Waals surface area contributed by atoms with E-state index in [0.717, 1.165) is 18.2 Å². The third kappa shape index (κ3) is 6.39. The fraction of sp³-hybridized carbons (Fsp3) is 0.125. The largest absolute Gasteiger partial charge is 1.00 e. The molecular formula is C8H6Na2O7S. The second-order valence-corrected chi connectivity index (χ2v) is 3.63. The topological polar surface area (TPSA) is 116 Å². The molecule has 0 saturated carbocycles. The Kier molecular flexibility index (Phi) is 9.56. The monoisotopic (exact) mass is 292 g/mol. The van der Waals surface area contributed by atoms with Crippen LogP contribution in [0.3, 0.4) is 0 Å². The Bertz CT molecular complexity index is 514. The third-order valence-corrected chi connectivity index (χ3v) is 1.97. The predicted molar refractivity (Wildman–Crippen MR) is 47.6 cm³/mol. The molecule has 0 aliphatic heterocycles. The summed E-state index contributed by atoms with van der Waals surface area (Å²) < 4.78 is 39.8. The van der Waals surface area contributed by atoms with Crippen LogP contribution in [-0.4, -0.2) is 26.0 Å². The molecule has 1 aromatic carbocycles. The zero-order valence-electron chi connectivity index (χ0n) is 10.00. The van der Waals surface area contributed by atoms with Gasteiger partial charge >= 0.3 is 59.1 Å². The minimum absolute atomic E-state index is 0. The Hall–Kier alpha value is 0.200. The molecule has 1 aromatic rings. The van der Waals surface area contributed by atoms with Crippen LogP contribution in [0.2, 0.25) is 0 Å². The van der Waals surface area contributed by atoms with E-state index in [1.54, 1.807) is 0 Å². The predicted octanol–water partition coefficient (Wildman–Crippen LogP) is -7.09.